The van der Waals surface area contributed by atoms with Gasteiger partial charge in [0.05, 0.1) is 17.3 Å². The van der Waals surface area contributed by atoms with Gasteiger partial charge in [-0.3, -0.25) is 9.79 Å². The first-order chi connectivity index (χ1) is 6.61. The fourth-order valence-corrected chi connectivity index (χ4v) is 2.05. The number of nitrogens with one attached hydrogen (secondary N) is 1. The largest absolute Gasteiger partial charge is 0.512 e. The van der Waals surface area contributed by atoms with Crippen LogP contribution in [-0.2, 0) is 4.79 Å². The lowest BCUT2D eigenvalue weighted by atomic mass is 9.91. The van der Waals surface area contributed by atoms with Crippen LogP contribution < -0.4 is 5.32 Å². The van der Waals surface area contributed by atoms with Gasteiger partial charge < -0.3 is 10.4 Å². The highest BCUT2D eigenvalue weighted by Gasteiger charge is 2.39. The van der Waals surface area contributed by atoms with Gasteiger partial charge in [0.25, 0.3) is 5.91 Å². The predicted octanol–water partition coefficient (Wildman–Crippen LogP) is 0.798. The number of aliphatic hydroxyl groups excluding tert-OH is 1. The maximum absolute atomic E-state index is 11.5. The highest BCUT2D eigenvalue weighted by Crippen LogP contribution is 2.25. The summed E-state index contributed by atoms with van der Waals surface area (Å²) in [6, 6.07) is 0.00773. The van der Waals surface area contributed by atoms with Gasteiger partial charge in [0, 0.05) is 6.54 Å². The molecule has 0 saturated carbocycles. The third-order valence-electron chi connectivity index (χ3n) is 2.86. The van der Waals surface area contributed by atoms with E-state index in [1.54, 1.807) is 0 Å². The summed E-state index contributed by atoms with van der Waals surface area (Å²) in [4.78, 5) is 15.8. The van der Waals surface area contributed by atoms with E-state index < -0.39 is 0 Å². The van der Waals surface area contributed by atoms with Crippen LogP contribution in [0.15, 0.2) is 16.3 Å². The molecule has 76 valence electrons. The minimum Gasteiger partial charge on any atom is -0.512 e. The highest BCUT2D eigenvalue weighted by atomic mass is 16.3. The van der Waals surface area contributed by atoms with E-state index in [9.17, 15) is 9.90 Å². The molecule has 0 radical (unpaired) electrons. The first-order valence-electron chi connectivity index (χ1n) is 4.86. The Balaban J connectivity index is 2.44. The highest BCUT2D eigenvalue weighted by molar-refractivity contribution is 6.29. The number of fused-ring (bicyclic) bond motifs is 1. The third kappa shape index (κ3) is 1.22. The molecule has 0 aromatic heterocycles. The van der Waals surface area contributed by atoms with Crippen molar-refractivity contribution < 1.29 is 9.90 Å². The number of hydrogen-bond acceptors (Lipinski definition) is 3. The first-order valence-corrected chi connectivity index (χ1v) is 4.86. The average Bonchev–Trinajstić information content (AvgIpc) is 2.42. The number of carbonyl (C=O) groups is 1. The van der Waals surface area contributed by atoms with Crippen LogP contribution in [0.25, 0.3) is 0 Å². The van der Waals surface area contributed by atoms with Crippen molar-refractivity contribution >= 4 is 11.6 Å². The van der Waals surface area contributed by atoms with Crippen molar-refractivity contribution in [2.45, 2.75) is 26.3 Å². The molecule has 2 atom stereocenters. The molecule has 1 amide bonds. The molecule has 14 heavy (non-hydrogen) atoms. The van der Waals surface area contributed by atoms with Crippen LogP contribution >= 0.6 is 0 Å². The predicted molar refractivity (Wildman–Crippen MR) is 53.3 cm³/mol. The lowest BCUT2D eigenvalue weighted by molar-refractivity contribution is -0.116. The van der Waals surface area contributed by atoms with Gasteiger partial charge in [-0.1, -0.05) is 6.92 Å². The molecule has 0 aromatic rings. The van der Waals surface area contributed by atoms with Crippen LogP contribution in [-0.4, -0.2) is 29.3 Å². The molecular weight excluding hydrogens is 180 g/mol. The molecule has 4 nitrogen and oxygen atoms in total. The molecule has 0 aromatic carbocycles. The fourth-order valence-electron chi connectivity index (χ4n) is 2.05. The molecule has 2 heterocycles. The number of allylic oxidation sites excluding steroid dienone is 1. The normalized spacial score (nSPS) is 34.7. The zero-order valence-corrected chi connectivity index (χ0v) is 8.37. The van der Waals surface area contributed by atoms with Crippen molar-refractivity contribution in [1.82, 2.24) is 5.32 Å². The van der Waals surface area contributed by atoms with Crippen LogP contribution in [0.3, 0.4) is 0 Å². The molecule has 0 bridgehead atoms. The van der Waals surface area contributed by atoms with E-state index in [-0.39, 0.29) is 17.7 Å². The fraction of sp³-hybridized carbons (Fsp3) is 0.600. The van der Waals surface area contributed by atoms with Crippen LogP contribution in [0.1, 0.15) is 20.3 Å². The molecule has 2 aliphatic rings. The Bertz CT molecular complexity index is 340. The topological polar surface area (TPSA) is 61.7 Å². The molecule has 2 N–H and O–H groups in total. The number of amides is 1. The number of rotatable bonds is 0. The van der Waals surface area contributed by atoms with E-state index in [0.29, 0.717) is 11.5 Å². The second-order valence-corrected chi connectivity index (χ2v) is 3.94. The van der Waals surface area contributed by atoms with E-state index >= 15 is 0 Å². The quantitative estimate of drug-likeness (QED) is 0.442. The van der Waals surface area contributed by atoms with E-state index in [0.717, 1.165) is 18.7 Å². The Morgan fingerprint density at radius 2 is 2.36 bits per heavy atom. The maximum Gasteiger partial charge on any atom is 0.257 e. The molecule has 0 unspecified atom stereocenters. The molecular formula is C10H14N2O2. The van der Waals surface area contributed by atoms with Gasteiger partial charge in [-0.25, -0.2) is 0 Å². The zero-order chi connectivity index (χ0) is 10.3. The summed E-state index contributed by atoms with van der Waals surface area (Å²) in [5, 5.41) is 12.2. The minimum absolute atomic E-state index is 0.00773. The van der Waals surface area contributed by atoms with Crippen molar-refractivity contribution in [2.75, 3.05) is 6.54 Å². The zero-order valence-electron chi connectivity index (χ0n) is 8.37. The smallest absolute Gasteiger partial charge is 0.257 e. The molecule has 2 rings (SSSR count). The summed E-state index contributed by atoms with van der Waals surface area (Å²) in [6.07, 6.45) is 0.992. The lowest BCUT2D eigenvalue weighted by Crippen LogP contribution is -2.38. The molecule has 4 heteroatoms. The van der Waals surface area contributed by atoms with Crippen molar-refractivity contribution in [3.63, 3.8) is 0 Å². The van der Waals surface area contributed by atoms with Gasteiger partial charge in [-0.15, -0.1) is 0 Å². The molecule has 0 aliphatic carbocycles. The van der Waals surface area contributed by atoms with Crippen LogP contribution in [0.5, 0.6) is 0 Å². The Morgan fingerprint density at radius 3 is 3.00 bits per heavy atom. The van der Waals surface area contributed by atoms with Crippen LogP contribution in [0.2, 0.25) is 0 Å². The van der Waals surface area contributed by atoms with Gasteiger partial charge in [0.1, 0.15) is 5.76 Å². The minimum atomic E-state index is -0.192. The van der Waals surface area contributed by atoms with Crippen molar-refractivity contribution in [3.05, 3.63) is 11.3 Å². The van der Waals surface area contributed by atoms with E-state index in [1.165, 1.54) is 6.92 Å². The number of nitrogens with zero attached hydrogens (tertiary/aromatic N) is 1. The molecule has 0 spiro atoms. The van der Waals surface area contributed by atoms with Crippen LogP contribution in [0, 0.1) is 5.92 Å². The maximum atomic E-state index is 11.5. The van der Waals surface area contributed by atoms with Gasteiger partial charge in [0.15, 0.2) is 0 Å². The van der Waals surface area contributed by atoms with Crippen molar-refractivity contribution in [3.8, 4) is 0 Å². The summed E-state index contributed by atoms with van der Waals surface area (Å²) in [5.41, 5.74) is 1.12. The second kappa shape index (κ2) is 3.12. The lowest BCUT2D eigenvalue weighted by Gasteiger charge is -2.23. The number of carbonyl (C=O) groups excluding carboxylic acids is 1. The molecule has 2 aliphatic heterocycles. The second-order valence-electron chi connectivity index (χ2n) is 3.94. The summed E-state index contributed by atoms with van der Waals surface area (Å²) in [6.45, 7) is 4.37. The molecule has 1 fully saturated rings. The molecule has 1 saturated heterocycles. The summed E-state index contributed by atoms with van der Waals surface area (Å²) >= 11 is 0. The van der Waals surface area contributed by atoms with Gasteiger partial charge >= 0.3 is 0 Å². The van der Waals surface area contributed by atoms with E-state index in [2.05, 4.69) is 17.2 Å². The van der Waals surface area contributed by atoms with Gasteiger partial charge in [-0.05, 0) is 19.3 Å². The van der Waals surface area contributed by atoms with E-state index in [4.69, 9.17) is 0 Å². The Kier molecular flexibility index (Phi) is 2.06. The SMILES string of the molecule is CC(O)=C1C(=O)N[C@H]2C1=NCC[C@@H]2C. The summed E-state index contributed by atoms with van der Waals surface area (Å²) < 4.78 is 0. The standard InChI is InChI=1S/C10H14N2O2/c1-5-3-4-11-9-7(6(2)13)10(14)12-8(5)9/h5,8,13H,3-4H2,1-2H3,(H,12,14)/t5-,8+/m0/s1. The Labute approximate surface area is 82.7 Å². The Morgan fingerprint density at radius 1 is 1.64 bits per heavy atom. The van der Waals surface area contributed by atoms with E-state index in [1.807, 2.05) is 0 Å². The van der Waals surface area contributed by atoms with Gasteiger partial charge in [0.2, 0.25) is 0 Å². The third-order valence-corrected chi connectivity index (χ3v) is 2.86. The first kappa shape index (κ1) is 9.24. The van der Waals surface area contributed by atoms with Gasteiger partial charge in [-0.2, -0.15) is 0 Å². The van der Waals surface area contributed by atoms with Crippen molar-refractivity contribution in [2.24, 2.45) is 10.9 Å². The number of hydrogen-bond donors (Lipinski definition) is 2. The average molecular weight is 194 g/mol. The van der Waals surface area contributed by atoms with Crippen molar-refractivity contribution in [1.29, 1.82) is 0 Å². The monoisotopic (exact) mass is 194 g/mol. The number of aliphatic hydroxyl groups is 1. The summed E-state index contributed by atoms with van der Waals surface area (Å²) in [7, 11) is 0. The Hall–Kier alpha value is -1.32. The summed E-state index contributed by atoms with van der Waals surface area (Å²) in [5.74, 6) is 0.281. The number of aliphatic imine (C=N–C) groups is 1. The van der Waals surface area contributed by atoms with Crippen LogP contribution in [0.4, 0.5) is 0 Å².